The van der Waals surface area contributed by atoms with Gasteiger partial charge in [-0.1, -0.05) is 30.3 Å². The van der Waals surface area contributed by atoms with E-state index < -0.39 is 0 Å². The molecule has 1 fully saturated rings. The van der Waals surface area contributed by atoms with Crippen molar-refractivity contribution in [1.29, 1.82) is 0 Å². The van der Waals surface area contributed by atoms with E-state index in [4.69, 9.17) is 0 Å². The molecule has 0 aliphatic carbocycles. The van der Waals surface area contributed by atoms with Crippen LogP contribution in [-0.4, -0.2) is 41.5 Å². The number of piperidine rings is 1. The molecule has 4 heteroatoms. The Morgan fingerprint density at radius 3 is 2.85 bits per heavy atom. The Balaban J connectivity index is 1.54. The lowest BCUT2D eigenvalue weighted by molar-refractivity contribution is 0.329. The third-order valence-corrected chi connectivity index (χ3v) is 5.47. The highest BCUT2D eigenvalue weighted by molar-refractivity contribution is 5.81. The van der Waals surface area contributed by atoms with Crippen molar-refractivity contribution in [2.75, 3.05) is 26.7 Å². The summed E-state index contributed by atoms with van der Waals surface area (Å²) in [6, 6.07) is 15.0. The largest absolute Gasteiger partial charge is 0.343 e. The van der Waals surface area contributed by atoms with Crippen molar-refractivity contribution >= 4 is 11.0 Å². The first-order valence-electron chi connectivity index (χ1n) is 9.70. The van der Waals surface area contributed by atoms with E-state index in [2.05, 4.69) is 63.6 Å². The highest BCUT2D eigenvalue weighted by atomic mass is 15.1. The molecule has 0 unspecified atom stereocenters. The molecule has 3 heterocycles. The summed E-state index contributed by atoms with van der Waals surface area (Å²) in [5.74, 6) is 0.565. The van der Waals surface area contributed by atoms with Crippen molar-refractivity contribution in [2.24, 2.45) is 0 Å². The number of aromatic nitrogens is 2. The minimum atomic E-state index is 0.565. The van der Waals surface area contributed by atoms with Gasteiger partial charge in [0.25, 0.3) is 0 Å². The topological polar surface area (TPSA) is 44.0 Å². The number of nitrogens with zero attached hydrogens (tertiary/aromatic N) is 2. The molecule has 4 rings (SSSR count). The van der Waals surface area contributed by atoms with E-state index in [0.717, 1.165) is 38.2 Å². The number of hydrogen-bond acceptors (Lipinski definition) is 3. The minimum absolute atomic E-state index is 0.565. The number of fused-ring (bicyclic) bond motifs is 1. The number of likely N-dealkylation sites (N-methyl/N-ethyl adjacent to an activating group) is 1. The van der Waals surface area contributed by atoms with Crippen LogP contribution in [0.25, 0.3) is 11.0 Å². The van der Waals surface area contributed by atoms with Gasteiger partial charge in [0.1, 0.15) is 5.65 Å². The summed E-state index contributed by atoms with van der Waals surface area (Å²) in [4.78, 5) is 10.6. The number of rotatable bonds is 6. The molecular weight excluding hydrogens is 320 g/mol. The van der Waals surface area contributed by atoms with Crippen LogP contribution in [0, 0.1) is 0 Å². The molecule has 26 heavy (non-hydrogen) atoms. The Labute approximate surface area is 155 Å². The molecule has 2 aromatic heterocycles. The summed E-state index contributed by atoms with van der Waals surface area (Å²) < 4.78 is 0. The summed E-state index contributed by atoms with van der Waals surface area (Å²) in [5.41, 5.74) is 5.24. The maximum atomic E-state index is 4.56. The molecule has 0 saturated carbocycles. The molecule has 1 aliphatic rings. The maximum Gasteiger partial charge on any atom is 0.137 e. The third kappa shape index (κ3) is 3.81. The smallest absolute Gasteiger partial charge is 0.137 e. The summed E-state index contributed by atoms with van der Waals surface area (Å²) in [5, 5.41) is 4.83. The van der Waals surface area contributed by atoms with E-state index in [1.807, 2.05) is 12.3 Å². The minimum Gasteiger partial charge on any atom is -0.343 e. The first-order valence-corrected chi connectivity index (χ1v) is 9.70. The van der Waals surface area contributed by atoms with Gasteiger partial charge in [-0.05, 0) is 56.1 Å². The second-order valence-electron chi connectivity index (χ2n) is 7.43. The van der Waals surface area contributed by atoms with Crippen molar-refractivity contribution in [3.05, 3.63) is 65.5 Å². The van der Waals surface area contributed by atoms with E-state index in [0.29, 0.717) is 5.92 Å². The van der Waals surface area contributed by atoms with Gasteiger partial charge in [0, 0.05) is 42.8 Å². The van der Waals surface area contributed by atoms with Crippen LogP contribution in [0.3, 0.4) is 0 Å². The molecule has 3 aromatic rings. The van der Waals surface area contributed by atoms with Crippen molar-refractivity contribution in [3.63, 3.8) is 0 Å². The first-order chi connectivity index (χ1) is 12.8. The van der Waals surface area contributed by atoms with Gasteiger partial charge in [-0.2, -0.15) is 0 Å². The highest BCUT2D eigenvalue weighted by Crippen LogP contribution is 2.31. The van der Waals surface area contributed by atoms with E-state index in [1.165, 1.54) is 35.0 Å². The van der Waals surface area contributed by atoms with Gasteiger partial charge in [-0.25, -0.2) is 4.98 Å². The predicted octanol–water partition coefficient (Wildman–Crippen LogP) is 3.70. The van der Waals surface area contributed by atoms with Gasteiger partial charge in [-0.3, -0.25) is 0 Å². The third-order valence-electron chi connectivity index (χ3n) is 5.47. The second kappa shape index (κ2) is 8.02. The lowest BCUT2D eigenvalue weighted by atomic mass is 9.93. The molecule has 1 saturated heterocycles. The number of nitrogens with one attached hydrogen (secondary N) is 2. The molecule has 2 N–H and O–H groups in total. The van der Waals surface area contributed by atoms with Crippen molar-refractivity contribution < 1.29 is 0 Å². The molecule has 0 spiro atoms. The average molecular weight is 348 g/mol. The molecule has 136 valence electrons. The van der Waals surface area contributed by atoms with Crippen LogP contribution in [0.5, 0.6) is 0 Å². The first kappa shape index (κ1) is 17.3. The van der Waals surface area contributed by atoms with E-state index in [9.17, 15) is 0 Å². The fourth-order valence-electron chi connectivity index (χ4n) is 4.03. The number of H-pyrrole nitrogens is 1. The average Bonchev–Trinajstić information content (AvgIpc) is 3.06. The Morgan fingerprint density at radius 2 is 2.04 bits per heavy atom. The van der Waals surface area contributed by atoms with E-state index >= 15 is 0 Å². The number of pyridine rings is 1. The Morgan fingerprint density at radius 1 is 1.15 bits per heavy atom. The van der Waals surface area contributed by atoms with Crippen LogP contribution in [0.15, 0.2) is 48.7 Å². The number of hydrogen-bond donors (Lipinski definition) is 2. The van der Waals surface area contributed by atoms with Crippen LogP contribution >= 0.6 is 0 Å². The van der Waals surface area contributed by atoms with E-state index in [1.54, 1.807) is 0 Å². The predicted molar refractivity (Wildman–Crippen MR) is 107 cm³/mol. The fourth-order valence-corrected chi connectivity index (χ4v) is 4.03. The van der Waals surface area contributed by atoms with Crippen LogP contribution in [0.4, 0.5) is 0 Å². The van der Waals surface area contributed by atoms with Crippen LogP contribution in [0.1, 0.15) is 35.6 Å². The lowest BCUT2D eigenvalue weighted by Crippen LogP contribution is -2.29. The molecule has 1 aliphatic heterocycles. The molecule has 1 aromatic carbocycles. The number of benzene rings is 1. The molecule has 4 nitrogen and oxygen atoms in total. The van der Waals surface area contributed by atoms with Crippen LogP contribution < -0.4 is 5.32 Å². The SMILES string of the molecule is CN(CCc1ccccc1)Cc1c([C@H]2CCCNC2)[nH]c2ncccc12. The molecule has 0 amide bonds. The second-order valence-corrected chi connectivity index (χ2v) is 7.43. The maximum absolute atomic E-state index is 4.56. The van der Waals surface area contributed by atoms with Gasteiger partial charge < -0.3 is 15.2 Å². The Bertz CT molecular complexity index is 834. The van der Waals surface area contributed by atoms with Crippen LogP contribution in [0.2, 0.25) is 0 Å². The number of aromatic amines is 1. The van der Waals surface area contributed by atoms with Gasteiger partial charge in [0.15, 0.2) is 0 Å². The summed E-state index contributed by atoms with van der Waals surface area (Å²) in [6.07, 6.45) is 5.46. The Kier molecular flexibility index (Phi) is 5.32. The van der Waals surface area contributed by atoms with Crippen LogP contribution in [-0.2, 0) is 13.0 Å². The normalized spacial score (nSPS) is 17.8. The molecule has 0 radical (unpaired) electrons. The highest BCUT2D eigenvalue weighted by Gasteiger charge is 2.23. The molecular formula is C22H28N4. The zero-order valence-electron chi connectivity index (χ0n) is 15.5. The summed E-state index contributed by atoms with van der Waals surface area (Å²) in [7, 11) is 2.22. The van der Waals surface area contributed by atoms with Crippen molar-refractivity contribution in [2.45, 2.75) is 31.7 Å². The Hall–Kier alpha value is -2.17. The monoisotopic (exact) mass is 348 g/mol. The standard InChI is InChI=1S/C22H28N4/c1-26(14-11-17-7-3-2-4-8-17)16-20-19-10-6-13-24-22(19)25-21(20)18-9-5-12-23-15-18/h2-4,6-8,10,13,18,23H,5,9,11-12,14-16H2,1H3,(H,24,25)/t18-/m0/s1. The zero-order valence-corrected chi connectivity index (χ0v) is 15.5. The quantitative estimate of drug-likeness (QED) is 0.714. The van der Waals surface area contributed by atoms with Crippen molar-refractivity contribution in [1.82, 2.24) is 20.2 Å². The van der Waals surface area contributed by atoms with Gasteiger partial charge in [-0.15, -0.1) is 0 Å². The fraction of sp³-hybridized carbons (Fsp3) is 0.409. The zero-order chi connectivity index (χ0) is 17.8. The van der Waals surface area contributed by atoms with Gasteiger partial charge in [0.2, 0.25) is 0 Å². The van der Waals surface area contributed by atoms with Gasteiger partial charge >= 0.3 is 0 Å². The summed E-state index contributed by atoms with van der Waals surface area (Å²) in [6.45, 7) is 4.22. The molecule has 0 bridgehead atoms. The molecule has 1 atom stereocenters. The lowest BCUT2D eigenvalue weighted by Gasteiger charge is -2.24. The summed E-state index contributed by atoms with van der Waals surface area (Å²) >= 11 is 0. The van der Waals surface area contributed by atoms with Crippen molar-refractivity contribution in [3.8, 4) is 0 Å². The van der Waals surface area contributed by atoms with Gasteiger partial charge in [0.05, 0.1) is 0 Å². The van der Waals surface area contributed by atoms with E-state index in [-0.39, 0.29) is 0 Å².